The van der Waals surface area contributed by atoms with E-state index in [9.17, 15) is 4.79 Å². The van der Waals surface area contributed by atoms with E-state index in [1.165, 1.54) is 5.56 Å². The summed E-state index contributed by atoms with van der Waals surface area (Å²) in [5, 5.41) is 11.5. The molecule has 1 saturated heterocycles. The fourth-order valence-corrected chi connectivity index (χ4v) is 3.41. The van der Waals surface area contributed by atoms with Crippen LogP contribution in [0.4, 0.5) is 0 Å². The summed E-state index contributed by atoms with van der Waals surface area (Å²) in [7, 11) is 0. The van der Waals surface area contributed by atoms with Crippen LogP contribution in [0.5, 0.6) is 0 Å². The molecule has 2 aromatic heterocycles. The van der Waals surface area contributed by atoms with Crippen LogP contribution in [0.3, 0.4) is 0 Å². The second-order valence-electron chi connectivity index (χ2n) is 6.55. The van der Waals surface area contributed by atoms with Crippen LogP contribution in [-0.4, -0.2) is 43.9 Å². The van der Waals surface area contributed by atoms with Crippen LogP contribution in [0.25, 0.3) is 11.3 Å². The van der Waals surface area contributed by atoms with Gasteiger partial charge in [-0.2, -0.15) is 10.2 Å². The van der Waals surface area contributed by atoms with E-state index in [0.717, 1.165) is 37.2 Å². The molecule has 1 amide bonds. The van der Waals surface area contributed by atoms with Crippen molar-refractivity contribution in [2.24, 2.45) is 0 Å². The topological polar surface area (TPSA) is 66.8 Å². The standard InChI is InChI=1S/C19H21N5O/c1-14-11-21-24(13-14)16-7-9-23(10-8-16)19(25)17-12-20-22-18(17)15-5-3-2-4-6-15/h2-6,11-13,16H,7-10H2,1H3,(H,20,22). The maximum Gasteiger partial charge on any atom is 0.257 e. The number of piperidine rings is 1. The number of hydrogen-bond donors (Lipinski definition) is 1. The number of benzene rings is 1. The molecule has 1 aliphatic rings. The first-order chi connectivity index (χ1) is 12.2. The number of aryl methyl sites for hydroxylation is 1. The number of carbonyl (C=O) groups excluding carboxylic acids is 1. The van der Waals surface area contributed by atoms with Gasteiger partial charge in [0.05, 0.1) is 29.7 Å². The first-order valence-corrected chi connectivity index (χ1v) is 8.61. The Morgan fingerprint density at radius 3 is 2.60 bits per heavy atom. The molecule has 4 rings (SSSR count). The Morgan fingerprint density at radius 2 is 1.92 bits per heavy atom. The normalized spacial score (nSPS) is 15.5. The number of H-pyrrole nitrogens is 1. The van der Waals surface area contributed by atoms with Gasteiger partial charge in [-0.15, -0.1) is 0 Å². The Hall–Kier alpha value is -2.89. The minimum absolute atomic E-state index is 0.0442. The van der Waals surface area contributed by atoms with Gasteiger partial charge in [-0.05, 0) is 25.3 Å². The van der Waals surface area contributed by atoms with Gasteiger partial charge in [-0.3, -0.25) is 14.6 Å². The van der Waals surface area contributed by atoms with Crippen molar-refractivity contribution in [2.75, 3.05) is 13.1 Å². The molecule has 1 fully saturated rings. The number of likely N-dealkylation sites (tertiary alicyclic amines) is 1. The Balaban J connectivity index is 1.47. The van der Waals surface area contributed by atoms with Crippen LogP contribution >= 0.6 is 0 Å². The van der Waals surface area contributed by atoms with Gasteiger partial charge in [-0.1, -0.05) is 30.3 Å². The van der Waals surface area contributed by atoms with Gasteiger partial charge in [0.2, 0.25) is 0 Å². The van der Waals surface area contributed by atoms with Crippen molar-refractivity contribution in [3.63, 3.8) is 0 Å². The fraction of sp³-hybridized carbons (Fsp3) is 0.316. The molecule has 1 N–H and O–H groups in total. The maximum atomic E-state index is 12.9. The average Bonchev–Trinajstić information content (AvgIpc) is 3.31. The van der Waals surface area contributed by atoms with Crippen LogP contribution in [0.2, 0.25) is 0 Å². The Labute approximate surface area is 146 Å². The van der Waals surface area contributed by atoms with Crippen molar-refractivity contribution < 1.29 is 4.79 Å². The summed E-state index contributed by atoms with van der Waals surface area (Å²) >= 11 is 0. The van der Waals surface area contributed by atoms with E-state index in [-0.39, 0.29) is 5.91 Å². The molecule has 0 radical (unpaired) electrons. The van der Waals surface area contributed by atoms with Gasteiger partial charge < -0.3 is 4.90 Å². The van der Waals surface area contributed by atoms with Crippen molar-refractivity contribution >= 4 is 5.91 Å². The molecule has 0 bridgehead atoms. The quantitative estimate of drug-likeness (QED) is 0.800. The molecule has 128 valence electrons. The Bertz CT molecular complexity index is 859. The lowest BCUT2D eigenvalue weighted by Gasteiger charge is -2.32. The summed E-state index contributed by atoms with van der Waals surface area (Å²) in [5.74, 6) is 0.0442. The van der Waals surface area contributed by atoms with Gasteiger partial charge in [0.25, 0.3) is 5.91 Å². The van der Waals surface area contributed by atoms with Crippen LogP contribution in [0.1, 0.15) is 34.8 Å². The average molecular weight is 335 g/mol. The largest absolute Gasteiger partial charge is 0.338 e. The summed E-state index contributed by atoms with van der Waals surface area (Å²) in [6.45, 7) is 3.52. The zero-order valence-corrected chi connectivity index (χ0v) is 14.2. The van der Waals surface area contributed by atoms with Crippen molar-refractivity contribution in [1.29, 1.82) is 0 Å². The van der Waals surface area contributed by atoms with Crippen molar-refractivity contribution in [3.8, 4) is 11.3 Å². The lowest BCUT2D eigenvalue weighted by atomic mass is 10.0. The van der Waals surface area contributed by atoms with E-state index in [1.807, 2.05) is 53.0 Å². The molecule has 25 heavy (non-hydrogen) atoms. The first kappa shape index (κ1) is 15.6. The highest BCUT2D eigenvalue weighted by Crippen LogP contribution is 2.26. The monoisotopic (exact) mass is 335 g/mol. The Morgan fingerprint density at radius 1 is 1.16 bits per heavy atom. The van der Waals surface area contributed by atoms with E-state index < -0.39 is 0 Å². The van der Waals surface area contributed by atoms with Crippen molar-refractivity contribution in [3.05, 3.63) is 60.0 Å². The van der Waals surface area contributed by atoms with E-state index in [2.05, 4.69) is 21.5 Å². The third kappa shape index (κ3) is 3.07. The molecule has 0 aliphatic carbocycles. The van der Waals surface area contributed by atoms with Crippen LogP contribution in [0.15, 0.2) is 48.9 Å². The molecular weight excluding hydrogens is 314 g/mol. The van der Waals surface area contributed by atoms with Gasteiger partial charge >= 0.3 is 0 Å². The number of hydrogen-bond acceptors (Lipinski definition) is 3. The van der Waals surface area contributed by atoms with E-state index >= 15 is 0 Å². The molecule has 3 heterocycles. The highest BCUT2D eigenvalue weighted by atomic mass is 16.2. The second-order valence-corrected chi connectivity index (χ2v) is 6.55. The third-order valence-corrected chi connectivity index (χ3v) is 4.79. The number of aromatic amines is 1. The van der Waals surface area contributed by atoms with Gasteiger partial charge in [0.1, 0.15) is 0 Å². The predicted molar refractivity (Wildman–Crippen MR) is 95.2 cm³/mol. The maximum absolute atomic E-state index is 12.9. The lowest BCUT2D eigenvalue weighted by Crippen LogP contribution is -2.39. The summed E-state index contributed by atoms with van der Waals surface area (Å²) in [6.07, 6.45) is 7.44. The zero-order chi connectivity index (χ0) is 17.2. The molecule has 1 aromatic carbocycles. The van der Waals surface area contributed by atoms with Gasteiger partial charge in [0.15, 0.2) is 0 Å². The van der Waals surface area contributed by atoms with Crippen LogP contribution < -0.4 is 0 Å². The number of rotatable bonds is 3. The number of aromatic nitrogens is 4. The second kappa shape index (κ2) is 6.55. The lowest BCUT2D eigenvalue weighted by molar-refractivity contribution is 0.0691. The van der Waals surface area contributed by atoms with E-state index in [0.29, 0.717) is 11.6 Å². The van der Waals surface area contributed by atoms with Crippen LogP contribution in [-0.2, 0) is 0 Å². The summed E-state index contributed by atoms with van der Waals surface area (Å²) in [5.41, 5.74) is 3.57. The summed E-state index contributed by atoms with van der Waals surface area (Å²) in [6, 6.07) is 10.2. The highest BCUT2D eigenvalue weighted by molar-refractivity contribution is 5.99. The van der Waals surface area contributed by atoms with E-state index in [1.54, 1.807) is 6.20 Å². The Kier molecular flexibility index (Phi) is 4.09. The van der Waals surface area contributed by atoms with Crippen LogP contribution in [0, 0.1) is 6.92 Å². The highest BCUT2D eigenvalue weighted by Gasteiger charge is 2.27. The van der Waals surface area contributed by atoms with Gasteiger partial charge in [-0.25, -0.2) is 0 Å². The first-order valence-electron chi connectivity index (χ1n) is 8.61. The molecule has 3 aromatic rings. The zero-order valence-electron chi connectivity index (χ0n) is 14.2. The molecule has 6 heteroatoms. The smallest absolute Gasteiger partial charge is 0.257 e. The fourth-order valence-electron chi connectivity index (χ4n) is 3.41. The predicted octanol–water partition coefficient (Wildman–Crippen LogP) is 3.06. The molecule has 0 atom stereocenters. The molecule has 0 unspecified atom stereocenters. The van der Waals surface area contributed by atoms with E-state index in [4.69, 9.17) is 0 Å². The molecule has 0 saturated carbocycles. The minimum Gasteiger partial charge on any atom is -0.338 e. The molecule has 1 aliphatic heterocycles. The number of carbonyl (C=O) groups is 1. The SMILES string of the molecule is Cc1cnn(C2CCN(C(=O)c3cn[nH]c3-c3ccccc3)CC2)c1. The number of nitrogens with one attached hydrogen (secondary N) is 1. The third-order valence-electron chi connectivity index (χ3n) is 4.79. The van der Waals surface area contributed by atoms with Gasteiger partial charge in [0, 0.05) is 24.8 Å². The molecule has 6 nitrogen and oxygen atoms in total. The number of amides is 1. The molecular formula is C19H21N5O. The minimum atomic E-state index is 0.0442. The molecule has 0 spiro atoms. The number of nitrogens with zero attached hydrogens (tertiary/aromatic N) is 4. The van der Waals surface area contributed by atoms with Crippen molar-refractivity contribution in [1.82, 2.24) is 24.9 Å². The summed E-state index contributed by atoms with van der Waals surface area (Å²) in [4.78, 5) is 14.9. The van der Waals surface area contributed by atoms with Crippen molar-refractivity contribution in [2.45, 2.75) is 25.8 Å². The summed E-state index contributed by atoms with van der Waals surface area (Å²) < 4.78 is 2.03.